The first-order chi connectivity index (χ1) is 25.5. The summed E-state index contributed by atoms with van der Waals surface area (Å²) < 4.78 is 37.8. The topological polar surface area (TPSA) is 116 Å². The fraction of sp³-hybridized carbons (Fsp3) is 0.429. The second-order valence-corrected chi connectivity index (χ2v) is 16.5. The minimum absolute atomic E-state index is 0.0100. The number of piperidine rings is 1. The van der Waals surface area contributed by atoms with Crippen LogP contribution in [0.4, 0.5) is 8.78 Å². The molecule has 5 unspecified atom stereocenters. The van der Waals surface area contributed by atoms with Crippen LogP contribution in [0.25, 0.3) is 44.5 Å². The SMILES string of the molecule is COC(=O)C(C(=O)N1CC2(CC2)CC1c1ncc(-c2ccc3c(c2)C(F)(F)c2cc(-c4ccc5nc(C6NC7CCC6C7)[nH]c5c4)ccc2-3)[nH]1)C(C)C. The van der Waals surface area contributed by atoms with Gasteiger partial charge in [-0.1, -0.05) is 44.2 Å². The zero-order chi connectivity index (χ0) is 36.4. The van der Waals surface area contributed by atoms with Gasteiger partial charge in [0, 0.05) is 29.3 Å². The summed E-state index contributed by atoms with van der Waals surface area (Å²) in [5.41, 5.74) is 5.56. The van der Waals surface area contributed by atoms with E-state index in [1.54, 1.807) is 35.4 Å². The monoisotopic (exact) mass is 716 g/mol. The molecule has 272 valence electrons. The predicted octanol–water partition coefficient (Wildman–Crippen LogP) is 8.05. The number of aromatic amines is 2. The molecule has 2 aromatic heterocycles. The Kier molecular flexibility index (Phi) is 7.13. The maximum atomic E-state index is 16.4. The smallest absolute Gasteiger partial charge is 0.318 e. The average molecular weight is 717 g/mol. The van der Waals surface area contributed by atoms with Crippen molar-refractivity contribution in [3.8, 4) is 33.5 Å². The zero-order valence-corrected chi connectivity index (χ0v) is 30.0. The van der Waals surface area contributed by atoms with Crippen LogP contribution in [0.2, 0.25) is 0 Å². The Morgan fingerprint density at radius 3 is 2.32 bits per heavy atom. The van der Waals surface area contributed by atoms with E-state index in [0.29, 0.717) is 46.7 Å². The first kappa shape index (κ1) is 32.7. The fourth-order valence-corrected chi connectivity index (χ4v) is 9.78. The molecule has 10 rings (SSSR count). The second-order valence-electron chi connectivity index (χ2n) is 16.5. The van der Waals surface area contributed by atoms with Crippen molar-refractivity contribution in [2.75, 3.05) is 13.7 Å². The van der Waals surface area contributed by atoms with Gasteiger partial charge in [0.15, 0.2) is 0 Å². The van der Waals surface area contributed by atoms with Crippen LogP contribution in [-0.4, -0.2) is 56.4 Å². The number of likely N-dealkylation sites (tertiary alicyclic amines) is 1. The molecule has 3 aliphatic carbocycles. The number of carbonyl (C=O) groups excluding carboxylic acids is 2. The van der Waals surface area contributed by atoms with Crippen LogP contribution in [0.3, 0.4) is 0 Å². The number of aromatic nitrogens is 4. The molecule has 4 fully saturated rings. The van der Waals surface area contributed by atoms with Gasteiger partial charge in [-0.25, -0.2) is 9.97 Å². The van der Waals surface area contributed by atoms with Crippen LogP contribution < -0.4 is 5.32 Å². The third-order valence-corrected chi connectivity index (χ3v) is 12.9. The number of hydrogen-bond acceptors (Lipinski definition) is 6. The van der Waals surface area contributed by atoms with E-state index in [-0.39, 0.29) is 40.5 Å². The third kappa shape index (κ3) is 5.10. The Bertz CT molecular complexity index is 2320. The molecule has 5 aliphatic rings. The Balaban J connectivity index is 0.923. The molecule has 9 nitrogen and oxygen atoms in total. The molecule has 5 atom stereocenters. The van der Waals surface area contributed by atoms with Crippen molar-refractivity contribution in [3.05, 3.63) is 83.6 Å². The van der Waals surface area contributed by atoms with Crippen molar-refractivity contribution in [3.63, 3.8) is 0 Å². The molecule has 11 heteroatoms. The van der Waals surface area contributed by atoms with E-state index in [0.717, 1.165) is 47.2 Å². The third-order valence-electron chi connectivity index (χ3n) is 12.9. The number of hydrogen-bond donors (Lipinski definition) is 3. The van der Waals surface area contributed by atoms with Gasteiger partial charge >= 0.3 is 5.97 Å². The van der Waals surface area contributed by atoms with Gasteiger partial charge in [0.05, 0.1) is 42.1 Å². The van der Waals surface area contributed by atoms with Gasteiger partial charge in [0.25, 0.3) is 5.92 Å². The summed E-state index contributed by atoms with van der Waals surface area (Å²) in [5, 5.41) is 3.70. The summed E-state index contributed by atoms with van der Waals surface area (Å²) in [6, 6.07) is 16.9. The number of benzene rings is 3. The molecule has 4 heterocycles. The van der Waals surface area contributed by atoms with Crippen LogP contribution in [0.5, 0.6) is 0 Å². The normalized spacial score (nSPS) is 25.0. The quantitative estimate of drug-likeness (QED) is 0.116. The van der Waals surface area contributed by atoms with Gasteiger partial charge in [0.2, 0.25) is 5.91 Å². The number of rotatable bonds is 7. The molecule has 2 saturated carbocycles. The number of nitrogens with zero attached hydrogens (tertiary/aromatic N) is 3. The van der Waals surface area contributed by atoms with Crippen LogP contribution in [-0.2, 0) is 20.2 Å². The first-order valence-corrected chi connectivity index (χ1v) is 18.9. The number of esters is 1. The molecule has 3 N–H and O–H groups in total. The highest BCUT2D eigenvalue weighted by atomic mass is 19.3. The lowest BCUT2D eigenvalue weighted by Crippen LogP contribution is -2.42. The molecule has 2 saturated heterocycles. The van der Waals surface area contributed by atoms with E-state index in [1.165, 1.54) is 26.4 Å². The van der Waals surface area contributed by atoms with E-state index in [1.807, 2.05) is 44.2 Å². The Labute approximate surface area is 305 Å². The number of nitrogens with one attached hydrogen (secondary N) is 3. The Hall–Kier alpha value is -4.90. The Morgan fingerprint density at radius 2 is 1.64 bits per heavy atom. The number of imidazole rings is 2. The summed E-state index contributed by atoms with van der Waals surface area (Å²) in [6.07, 6.45) is 8.08. The van der Waals surface area contributed by atoms with Crippen LogP contribution in [0.15, 0.2) is 60.8 Å². The maximum absolute atomic E-state index is 16.4. The molecule has 1 amide bonds. The molecule has 2 bridgehead atoms. The first-order valence-electron chi connectivity index (χ1n) is 18.9. The molecule has 0 radical (unpaired) electrons. The predicted molar refractivity (Wildman–Crippen MR) is 196 cm³/mol. The van der Waals surface area contributed by atoms with Crippen molar-refractivity contribution in [1.29, 1.82) is 0 Å². The Morgan fingerprint density at radius 1 is 0.925 bits per heavy atom. The minimum atomic E-state index is -3.20. The minimum Gasteiger partial charge on any atom is -0.468 e. The zero-order valence-electron chi connectivity index (χ0n) is 30.0. The fourth-order valence-electron chi connectivity index (χ4n) is 9.78. The maximum Gasteiger partial charge on any atom is 0.318 e. The summed E-state index contributed by atoms with van der Waals surface area (Å²) in [7, 11) is 1.30. The van der Waals surface area contributed by atoms with E-state index in [9.17, 15) is 9.59 Å². The van der Waals surface area contributed by atoms with Crippen molar-refractivity contribution in [2.24, 2.45) is 23.2 Å². The number of alkyl halides is 2. The van der Waals surface area contributed by atoms with Gasteiger partial charge in [-0.3, -0.25) is 9.59 Å². The number of methoxy groups -OCH3 is 1. The molecular weight excluding hydrogens is 674 g/mol. The van der Waals surface area contributed by atoms with Gasteiger partial charge in [-0.15, -0.1) is 0 Å². The van der Waals surface area contributed by atoms with Crippen molar-refractivity contribution < 1.29 is 23.1 Å². The number of halogens is 2. The van der Waals surface area contributed by atoms with Gasteiger partial charge in [-0.05, 0) is 102 Å². The van der Waals surface area contributed by atoms with E-state index < -0.39 is 17.8 Å². The molecular formula is C42H42F2N6O3. The number of ether oxygens (including phenoxy) is 1. The van der Waals surface area contributed by atoms with E-state index >= 15 is 8.78 Å². The largest absolute Gasteiger partial charge is 0.468 e. The van der Waals surface area contributed by atoms with Crippen molar-refractivity contribution in [2.45, 2.75) is 76.4 Å². The van der Waals surface area contributed by atoms with Gasteiger partial charge in [0.1, 0.15) is 17.6 Å². The molecule has 5 aromatic rings. The lowest BCUT2D eigenvalue weighted by molar-refractivity contribution is -0.156. The van der Waals surface area contributed by atoms with Gasteiger partial charge < -0.3 is 24.9 Å². The van der Waals surface area contributed by atoms with E-state index in [4.69, 9.17) is 9.72 Å². The lowest BCUT2D eigenvalue weighted by Gasteiger charge is -2.28. The van der Waals surface area contributed by atoms with Crippen molar-refractivity contribution in [1.82, 2.24) is 30.2 Å². The summed E-state index contributed by atoms with van der Waals surface area (Å²) in [5.74, 6) is -2.96. The van der Waals surface area contributed by atoms with Crippen molar-refractivity contribution >= 4 is 22.9 Å². The lowest BCUT2D eigenvalue weighted by atomic mass is 9.94. The molecule has 2 aliphatic heterocycles. The van der Waals surface area contributed by atoms with Crippen LogP contribution in [0, 0.1) is 23.2 Å². The highest BCUT2D eigenvalue weighted by Crippen LogP contribution is 2.59. The highest BCUT2D eigenvalue weighted by molar-refractivity contribution is 5.98. The standard InChI is InChI=1S/C42H42F2N6O3/c1-21(2)35(40(52)53-3)39(51)50-20-41(12-13-41)18-34(50)37-45-19-33(49-37)24-6-10-28-27-9-5-22(15-29(27)42(43,44)30(28)16-24)23-7-11-31-32(17-23)48-38(47-31)36-25-4-8-26(14-25)46-36/h5-7,9-11,15-17,19,21,25-26,34-36,46H,4,8,12-14,18,20H2,1-3H3,(H,45,49)(H,47,48). The average Bonchev–Trinajstić information content (AvgIpc) is 3.81. The summed E-state index contributed by atoms with van der Waals surface area (Å²) in [6.45, 7) is 4.25. The number of amides is 1. The highest BCUT2D eigenvalue weighted by Gasteiger charge is 2.56. The van der Waals surface area contributed by atoms with E-state index in [2.05, 4.69) is 20.3 Å². The van der Waals surface area contributed by atoms with Crippen LogP contribution in [0.1, 0.15) is 87.2 Å². The number of fused-ring (bicyclic) bond motifs is 6. The summed E-state index contributed by atoms with van der Waals surface area (Å²) >= 11 is 0. The molecule has 53 heavy (non-hydrogen) atoms. The molecule has 3 aromatic carbocycles. The number of H-pyrrole nitrogens is 2. The van der Waals surface area contributed by atoms with Gasteiger partial charge in [-0.2, -0.15) is 8.78 Å². The molecule has 1 spiro atoms. The van der Waals surface area contributed by atoms with Crippen LogP contribution >= 0.6 is 0 Å². The summed E-state index contributed by atoms with van der Waals surface area (Å²) in [4.78, 5) is 44.7. The second kappa shape index (κ2) is 11.5. The number of carbonyl (C=O) groups is 2.